The Hall–Kier alpha value is -1.37. The van der Waals surface area contributed by atoms with Crippen molar-refractivity contribution >= 4 is 5.97 Å². The molecule has 2 heterocycles. The fourth-order valence-corrected chi connectivity index (χ4v) is 1.77. The Bertz CT molecular complexity index is 378. The van der Waals surface area contributed by atoms with E-state index in [0.717, 1.165) is 0 Å². The van der Waals surface area contributed by atoms with Crippen molar-refractivity contribution < 1.29 is 24.5 Å². The molecule has 1 aromatic rings. The Kier molecular flexibility index (Phi) is 2.95. The number of carboxylic acid groups (broad SMARTS) is 1. The van der Waals surface area contributed by atoms with Gasteiger partial charge in [0, 0.05) is 13.1 Å². The normalized spacial score (nSPS) is 26.1. The van der Waals surface area contributed by atoms with Crippen molar-refractivity contribution in [2.45, 2.75) is 18.8 Å². The fraction of sp³-hybridized carbons (Fsp3) is 0.500. The number of carboxylic acids is 1. The van der Waals surface area contributed by atoms with Crippen LogP contribution in [0, 0.1) is 0 Å². The van der Waals surface area contributed by atoms with Gasteiger partial charge in [-0.25, -0.2) is 4.79 Å². The Morgan fingerprint density at radius 2 is 2.06 bits per heavy atom. The van der Waals surface area contributed by atoms with Gasteiger partial charge in [0.15, 0.2) is 0 Å². The van der Waals surface area contributed by atoms with Crippen molar-refractivity contribution in [2.24, 2.45) is 0 Å². The first kappa shape index (κ1) is 11.1. The van der Waals surface area contributed by atoms with Gasteiger partial charge in [-0.3, -0.25) is 4.90 Å². The lowest BCUT2D eigenvalue weighted by Gasteiger charge is -2.11. The lowest BCUT2D eigenvalue weighted by atomic mass is 10.3. The van der Waals surface area contributed by atoms with Gasteiger partial charge in [0.2, 0.25) is 0 Å². The molecule has 0 saturated carbocycles. The predicted octanol–water partition coefficient (Wildman–Crippen LogP) is -0.485. The van der Waals surface area contributed by atoms with Crippen molar-refractivity contribution in [1.29, 1.82) is 0 Å². The van der Waals surface area contributed by atoms with Crippen LogP contribution in [-0.2, 0) is 6.54 Å². The van der Waals surface area contributed by atoms with Crippen molar-refractivity contribution in [1.82, 2.24) is 4.90 Å². The van der Waals surface area contributed by atoms with E-state index in [9.17, 15) is 15.0 Å². The number of aromatic carboxylic acids is 1. The number of aliphatic hydroxyl groups excluding tert-OH is 2. The monoisotopic (exact) mass is 227 g/mol. The molecule has 1 saturated heterocycles. The minimum absolute atomic E-state index is 0.107. The van der Waals surface area contributed by atoms with Crippen molar-refractivity contribution in [2.75, 3.05) is 13.1 Å². The van der Waals surface area contributed by atoms with Crippen molar-refractivity contribution in [3.05, 3.63) is 23.7 Å². The minimum atomic E-state index is -1.03. The van der Waals surface area contributed by atoms with Gasteiger partial charge in [-0.2, -0.15) is 0 Å². The summed E-state index contributed by atoms with van der Waals surface area (Å²) in [6.07, 6.45) is -0.302. The summed E-state index contributed by atoms with van der Waals surface area (Å²) in [5, 5.41) is 27.3. The van der Waals surface area contributed by atoms with Crippen LogP contribution in [0.3, 0.4) is 0 Å². The number of carbonyl (C=O) groups is 1. The largest absolute Gasteiger partial charge is 0.478 e. The number of rotatable bonds is 3. The van der Waals surface area contributed by atoms with E-state index in [0.29, 0.717) is 25.4 Å². The van der Waals surface area contributed by atoms with E-state index < -0.39 is 18.2 Å². The fourth-order valence-electron chi connectivity index (χ4n) is 1.77. The summed E-state index contributed by atoms with van der Waals surface area (Å²) < 4.78 is 5.07. The molecule has 0 bridgehead atoms. The highest BCUT2D eigenvalue weighted by atomic mass is 16.4. The lowest BCUT2D eigenvalue weighted by Crippen LogP contribution is -2.22. The zero-order chi connectivity index (χ0) is 11.7. The molecule has 6 nitrogen and oxygen atoms in total. The Morgan fingerprint density at radius 3 is 2.56 bits per heavy atom. The van der Waals surface area contributed by atoms with E-state index in [2.05, 4.69) is 0 Å². The molecule has 0 radical (unpaired) electrons. The zero-order valence-electron chi connectivity index (χ0n) is 8.54. The number of nitrogens with zero attached hydrogens (tertiary/aromatic N) is 1. The van der Waals surface area contributed by atoms with E-state index in [1.807, 2.05) is 0 Å². The van der Waals surface area contributed by atoms with Crippen LogP contribution in [0.2, 0.25) is 0 Å². The molecule has 3 N–H and O–H groups in total. The molecule has 16 heavy (non-hydrogen) atoms. The highest BCUT2D eigenvalue weighted by Gasteiger charge is 2.29. The first-order chi connectivity index (χ1) is 7.56. The molecule has 0 spiro atoms. The molecular formula is C10H13NO5. The van der Waals surface area contributed by atoms with E-state index in [-0.39, 0.29) is 5.56 Å². The van der Waals surface area contributed by atoms with Gasteiger partial charge in [-0.05, 0) is 6.07 Å². The van der Waals surface area contributed by atoms with Crippen LogP contribution in [0.4, 0.5) is 0 Å². The maximum atomic E-state index is 10.6. The van der Waals surface area contributed by atoms with Crippen LogP contribution in [0.25, 0.3) is 0 Å². The molecule has 1 fully saturated rings. The number of β-amino-alcohol motifs (C(OH)–C–C–N with tert-alkyl or cyclic N) is 2. The summed E-state index contributed by atoms with van der Waals surface area (Å²) in [6.45, 7) is 1.12. The van der Waals surface area contributed by atoms with Crippen LogP contribution in [0.1, 0.15) is 16.1 Å². The van der Waals surface area contributed by atoms with Crippen LogP contribution < -0.4 is 0 Å². The van der Waals surface area contributed by atoms with E-state index in [4.69, 9.17) is 9.52 Å². The van der Waals surface area contributed by atoms with Crippen LogP contribution in [-0.4, -0.2) is 51.5 Å². The summed E-state index contributed by atoms with van der Waals surface area (Å²) in [6, 6.07) is 1.44. The lowest BCUT2D eigenvalue weighted by molar-refractivity contribution is 0.0572. The second-order valence-electron chi connectivity index (χ2n) is 3.94. The predicted molar refractivity (Wildman–Crippen MR) is 53.0 cm³/mol. The van der Waals surface area contributed by atoms with Gasteiger partial charge in [0.05, 0.1) is 24.3 Å². The van der Waals surface area contributed by atoms with Gasteiger partial charge in [0.25, 0.3) is 0 Å². The summed E-state index contributed by atoms with van der Waals surface area (Å²) >= 11 is 0. The van der Waals surface area contributed by atoms with Crippen molar-refractivity contribution in [3.63, 3.8) is 0 Å². The number of aliphatic hydroxyl groups is 2. The third kappa shape index (κ3) is 2.24. The number of likely N-dealkylation sites (tertiary alicyclic amines) is 1. The van der Waals surface area contributed by atoms with Crippen LogP contribution >= 0.6 is 0 Å². The summed E-state index contributed by atoms with van der Waals surface area (Å²) in [5.41, 5.74) is 0.107. The molecular weight excluding hydrogens is 214 g/mol. The highest BCUT2D eigenvalue weighted by Crippen LogP contribution is 2.16. The van der Waals surface area contributed by atoms with Gasteiger partial charge >= 0.3 is 5.97 Å². The van der Waals surface area contributed by atoms with Gasteiger partial charge in [-0.1, -0.05) is 0 Å². The minimum Gasteiger partial charge on any atom is -0.478 e. The molecule has 2 atom stereocenters. The highest BCUT2D eigenvalue weighted by molar-refractivity contribution is 5.87. The number of furan rings is 1. The maximum Gasteiger partial charge on any atom is 0.338 e. The maximum absolute atomic E-state index is 10.6. The van der Waals surface area contributed by atoms with Gasteiger partial charge < -0.3 is 19.7 Å². The van der Waals surface area contributed by atoms with E-state index >= 15 is 0 Å². The van der Waals surface area contributed by atoms with E-state index in [1.54, 1.807) is 4.90 Å². The first-order valence-corrected chi connectivity index (χ1v) is 4.95. The number of hydrogen-bond donors (Lipinski definition) is 3. The second kappa shape index (κ2) is 4.25. The smallest absolute Gasteiger partial charge is 0.338 e. The van der Waals surface area contributed by atoms with Gasteiger partial charge in [0.1, 0.15) is 12.0 Å². The molecule has 88 valence electrons. The summed E-state index contributed by atoms with van der Waals surface area (Å²) in [7, 11) is 0. The summed E-state index contributed by atoms with van der Waals surface area (Å²) in [4.78, 5) is 12.4. The zero-order valence-corrected chi connectivity index (χ0v) is 8.54. The SMILES string of the molecule is O=C(O)c1coc(CN2CC(O)C(O)C2)c1. The molecule has 6 heteroatoms. The Balaban J connectivity index is 1.97. The average Bonchev–Trinajstić information content (AvgIpc) is 2.76. The molecule has 0 aromatic carbocycles. The molecule has 2 unspecified atom stereocenters. The molecule has 2 rings (SSSR count). The average molecular weight is 227 g/mol. The second-order valence-corrected chi connectivity index (χ2v) is 3.94. The molecule has 0 amide bonds. The molecule has 1 aromatic heterocycles. The molecule has 1 aliphatic heterocycles. The third-order valence-corrected chi connectivity index (χ3v) is 2.61. The van der Waals surface area contributed by atoms with Crippen LogP contribution in [0.5, 0.6) is 0 Å². The quantitative estimate of drug-likeness (QED) is 0.645. The van der Waals surface area contributed by atoms with Crippen molar-refractivity contribution in [3.8, 4) is 0 Å². The molecule has 0 aliphatic carbocycles. The van der Waals surface area contributed by atoms with Gasteiger partial charge in [-0.15, -0.1) is 0 Å². The first-order valence-electron chi connectivity index (χ1n) is 4.95. The van der Waals surface area contributed by atoms with E-state index in [1.165, 1.54) is 12.3 Å². The third-order valence-electron chi connectivity index (χ3n) is 2.61. The summed E-state index contributed by atoms with van der Waals surface area (Å²) in [5.74, 6) is -0.518. The molecule has 1 aliphatic rings. The topological polar surface area (TPSA) is 94.1 Å². The standard InChI is InChI=1S/C10H13NO5/c12-8-3-11(4-9(8)13)2-7-1-6(5-16-7)10(14)15/h1,5,8-9,12-13H,2-4H2,(H,14,15). The van der Waals surface area contributed by atoms with Crippen LogP contribution in [0.15, 0.2) is 16.7 Å². The Labute approximate surface area is 91.7 Å². The number of hydrogen-bond acceptors (Lipinski definition) is 5. The Morgan fingerprint density at radius 1 is 1.44 bits per heavy atom.